The lowest BCUT2D eigenvalue weighted by Gasteiger charge is -2.32. The number of hydrogen-bond acceptors (Lipinski definition) is 2. The predicted molar refractivity (Wildman–Crippen MR) is 149 cm³/mol. The zero-order valence-electron chi connectivity index (χ0n) is 20.1. The van der Waals surface area contributed by atoms with Crippen LogP contribution in [0.4, 0.5) is 0 Å². The number of carbonyl (C=O) groups excluding carboxylic acids is 2. The van der Waals surface area contributed by atoms with Crippen LogP contribution in [0.3, 0.4) is 0 Å². The first-order valence-corrected chi connectivity index (χ1v) is 13.1. The van der Waals surface area contributed by atoms with Crippen LogP contribution in [0, 0.1) is 5.92 Å². The fourth-order valence-electron chi connectivity index (χ4n) is 3.76. The minimum atomic E-state index is -0.786. The molecule has 2 amide bonds. The molecule has 4 nitrogen and oxygen atoms in total. The SMILES string of the molecule is CC(C)CNC(=O)[C@@H](Cc1ccccc1)N(Cc1ccc(Cl)cc1Cl)C(=O)Cc1c(Cl)cccc1Cl. The average molecular weight is 566 g/mol. The Morgan fingerprint density at radius 2 is 1.53 bits per heavy atom. The molecular formula is C28H28Cl4N2O2. The molecule has 0 saturated carbocycles. The van der Waals surface area contributed by atoms with Gasteiger partial charge in [-0.05, 0) is 46.9 Å². The van der Waals surface area contributed by atoms with Crippen LogP contribution in [0.1, 0.15) is 30.5 Å². The molecule has 8 heteroatoms. The molecule has 0 aliphatic carbocycles. The Hall–Kier alpha value is -2.24. The third kappa shape index (κ3) is 7.88. The number of carbonyl (C=O) groups is 2. The van der Waals surface area contributed by atoms with Crippen LogP contribution >= 0.6 is 46.4 Å². The molecule has 0 aliphatic rings. The van der Waals surface area contributed by atoms with Crippen molar-refractivity contribution in [3.05, 3.63) is 104 Å². The fraction of sp³-hybridized carbons (Fsp3) is 0.286. The first kappa shape index (κ1) is 28.3. The topological polar surface area (TPSA) is 49.4 Å². The van der Waals surface area contributed by atoms with Gasteiger partial charge in [0.2, 0.25) is 11.8 Å². The minimum Gasteiger partial charge on any atom is -0.354 e. The molecule has 0 bridgehead atoms. The second kappa shape index (κ2) is 13.3. The summed E-state index contributed by atoms with van der Waals surface area (Å²) in [5.74, 6) is -0.281. The summed E-state index contributed by atoms with van der Waals surface area (Å²) < 4.78 is 0. The molecule has 0 unspecified atom stereocenters. The highest BCUT2D eigenvalue weighted by atomic mass is 35.5. The zero-order chi connectivity index (χ0) is 26.2. The molecule has 0 radical (unpaired) electrons. The van der Waals surface area contributed by atoms with E-state index in [-0.39, 0.29) is 30.7 Å². The van der Waals surface area contributed by atoms with Crippen molar-refractivity contribution >= 4 is 58.2 Å². The minimum absolute atomic E-state index is 0.0630. The molecule has 3 rings (SSSR count). The zero-order valence-corrected chi connectivity index (χ0v) is 23.1. The molecular weight excluding hydrogens is 538 g/mol. The maximum absolute atomic E-state index is 13.8. The Labute approximate surface area is 232 Å². The molecule has 36 heavy (non-hydrogen) atoms. The number of amides is 2. The van der Waals surface area contributed by atoms with E-state index in [0.717, 1.165) is 5.56 Å². The van der Waals surface area contributed by atoms with Crippen molar-refractivity contribution in [2.45, 2.75) is 39.3 Å². The van der Waals surface area contributed by atoms with E-state index in [1.165, 1.54) is 0 Å². The number of rotatable bonds is 10. The van der Waals surface area contributed by atoms with Gasteiger partial charge in [0.25, 0.3) is 0 Å². The molecule has 1 atom stereocenters. The van der Waals surface area contributed by atoms with E-state index in [1.54, 1.807) is 41.3 Å². The van der Waals surface area contributed by atoms with E-state index >= 15 is 0 Å². The second-order valence-electron chi connectivity index (χ2n) is 8.98. The fourth-order valence-corrected chi connectivity index (χ4v) is 4.76. The first-order chi connectivity index (χ1) is 17.2. The molecule has 1 N–H and O–H groups in total. The highest BCUT2D eigenvalue weighted by Crippen LogP contribution is 2.28. The number of hydrogen-bond donors (Lipinski definition) is 1. The quantitative estimate of drug-likeness (QED) is 0.281. The number of benzene rings is 3. The van der Waals surface area contributed by atoms with Crippen molar-refractivity contribution in [2.75, 3.05) is 6.54 Å². The molecule has 0 spiro atoms. The van der Waals surface area contributed by atoms with Gasteiger partial charge in [-0.1, -0.05) is 103 Å². The maximum atomic E-state index is 13.8. The van der Waals surface area contributed by atoms with Gasteiger partial charge in [-0.15, -0.1) is 0 Å². The van der Waals surface area contributed by atoms with Crippen molar-refractivity contribution < 1.29 is 9.59 Å². The lowest BCUT2D eigenvalue weighted by molar-refractivity contribution is -0.140. The van der Waals surface area contributed by atoms with Crippen LogP contribution in [0.5, 0.6) is 0 Å². The van der Waals surface area contributed by atoms with Crippen LogP contribution in [0.15, 0.2) is 66.7 Å². The van der Waals surface area contributed by atoms with E-state index in [2.05, 4.69) is 5.32 Å². The van der Waals surface area contributed by atoms with Crippen LogP contribution in [0.25, 0.3) is 0 Å². The Balaban J connectivity index is 2.02. The molecule has 190 valence electrons. The Kier molecular flexibility index (Phi) is 10.5. The van der Waals surface area contributed by atoms with Gasteiger partial charge in [-0.2, -0.15) is 0 Å². The maximum Gasteiger partial charge on any atom is 0.243 e. The number of nitrogens with one attached hydrogen (secondary N) is 1. The van der Waals surface area contributed by atoms with Gasteiger partial charge in [0.15, 0.2) is 0 Å². The van der Waals surface area contributed by atoms with Gasteiger partial charge in [-0.3, -0.25) is 9.59 Å². The van der Waals surface area contributed by atoms with Gasteiger partial charge in [0.1, 0.15) is 6.04 Å². The third-order valence-corrected chi connectivity index (χ3v) is 7.00. The second-order valence-corrected chi connectivity index (χ2v) is 10.6. The van der Waals surface area contributed by atoms with E-state index in [9.17, 15) is 9.59 Å². The summed E-state index contributed by atoms with van der Waals surface area (Å²) in [6.45, 7) is 4.64. The van der Waals surface area contributed by atoms with E-state index in [4.69, 9.17) is 46.4 Å². The van der Waals surface area contributed by atoms with Crippen molar-refractivity contribution in [1.82, 2.24) is 10.2 Å². The van der Waals surface area contributed by atoms with Crippen molar-refractivity contribution in [2.24, 2.45) is 5.92 Å². The van der Waals surface area contributed by atoms with E-state index in [1.807, 2.05) is 44.2 Å². The molecule has 0 fully saturated rings. The van der Waals surface area contributed by atoms with Crippen LogP contribution in [-0.2, 0) is 29.0 Å². The van der Waals surface area contributed by atoms with Gasteiger partial charge in [0, 0.05) is 39.6 Å². The lowest BCUT2D eigenvalue weighted by atomic mass is 10.0. The normalized spacial score (nSPS) is 11.9. The molecule has 0 aromatic heterocycles. The van der Waals surface area contributed by atoms with Crippen LogP contribution < -0.4 is 5.32 Å². The third-order valence-electron chi connectivity index (χ3n) is 5.70. The number of nitrogens with zero attached hydrogens (tertiary/aromatic N) is 1. The van der Waals surface area contributed by atoms with Crippen LogP contribution in [0.2, 0.25) is 20.1 Å². The van der Waals surface area contributed by atoms with E-state index in [0.29, 0.717) is 44.2 Å². The van der Waals surface area contributed by atoms with E-state index < -0.39 is 6.04 Å². The molecule has 0 saturated heterocycles. The molecule has 3 aromatic carbocycles. The summed E-state index contributed by atoms with van der Waals surface area (Å²) in [6.07, 6.45) is 0.268. The molecule has 0 heterocycles. The highest BCUT2D eigenvalue weighted by Gasteiger charge is 2.31. The monoisotopic (exact) mass is 564 g/mol. The summed E-state index contributed by atoms with van der Waals surface area (Å²) in [5, 5.41) is 4.68. The summed E-state index contributed by atoms with van der Waals surface area (Å²) in [6, 6.07) is 19.0. The smallest absolute Gasteiger partial charge is 0.243 e. The summed E-state index contributed by atoms with van der Waals surface area (Å²) in [4.78, 5) is 28.9. The summed E-state index contributed by atoms with van der Waals surface area (Å²) in [5.41, 5.74) is 2.12. The summed E-state index contributed by atoms with van der Waals surface area (Å²) in [7, 11) is 0. The standard InChI is InChI=1S/C28H28Cl4N2O2/c1-18(2)16-33-28(36)26(13-19-7-4-3-5-8-19)34(17-20-11-12-21(29)14-25(20)32)27(35)15-22-23(30)9-6-10-24(22)31/h3-12,14,18,26H,13,15-17H2,1-2H3,(H,33,36)/t26-/m1/s1. The van der Waals surface area contributed by atoms with Crippen LogP contribution in [-0.4, -0.2) is 29.3 Å². The highest BCUT2D eigenvalue weighted by molar-refractivity contribution is 6.36. The van der Waals surface area contributed by atoms with Gasteiger partial charge < -0.3 is 10.2 Å². The van der Waals surface area contributed by atoms with Crippen molar-refractivity contribution in [1.29, 1.82) is 0 Å². The average Bonchev–Trinajstić information content (AvgIpc) is 2.84. The molecule has 0 aliphatic heterocycles. The Bertz CT molecular complexity index is 1180. The Morgan fingerprint density at radius 3 is 2.14 bits per heavy atom. The molecule has 3 aromatic rings. The van der Waals surface area contributed by atoms with Crippen molar-refractivity contribution in [3.63, 3.8) is 0 Å². The van der Waals surface area contributed by atoms with Gasteiger partial charge in [-0.25, -0.2) is 0 Å². The van der Waals surface area contributed by atoms with Gasteiger partial charge >= 0.3 is 0 Å². The Morgan fingerprint density at radius 1 is 0.861 bits per heavy atom. The first-order valence-electron chi connectivity index (χ1n) is 11.6. The number of halogens is 4. The predicted octanol–water partition coefficient (Wildman–Crippen LogP) is 7.26. The van der Waals surface area contributed by atoms with Gasteiger partial charge in [0.05, 0.1) is 6.42 Å². The largest absolute Gasteiger partial charge is 0.354 e. The van der Waals surface area contributed by atoms with Crippen molar-refractivity contribution in [3.8, 4) is 0 Å². The summed E-state index contributed by atoms with van der Waals surface area (Å²) >= 11 is 25.3. The lowest BCUT2D eigenvalue weighted by Crippen LogP contribution is -2.51.